The normalized spacial score (nSPS) is 17.6. The van der Waals surface area contributed by atoms with Gasteiger partial charge in [0.2, 0.25) is 0 Å². The van der Waals surface area contributed by atoms with E-state index < -0.39 is 5.54 Å². The number of aliphatic hydroxyl groups is 1. The number of aromatic nitrogens is 1. The van der Waals surface area contributed by atoms with Gasteiger partial charge in [-0.3, -0.25) is 4.98 Å². The van der Waals surface area contributed by atoms with Crippen molar-refractivity contribution in [2.24, 2.45) is 5.92 Å². The standard InChI is InChI=1S/C14H21N3O2/c1-10-4-3-5-12(16-10)8-15-13(19)17-14(2,9-18)11-6-7-11/h3-5,11,18H,6-9H2,1-2H3,(H2,15,17,19). The average molecular weight is 263 g/mol. The number of rotatable bonds is 5. The molecule has 0 bridgehead atoms. The Morgan fingerprint density at radius 1 is 1.53 bits per heavy atom. The average Bonchev–Trinajstić information content (AvgIpc) is 3.21. The van der Waals surface area contributed by atoms with Crippen LogP contribution in [0.15, 0.2) is 18.2 Å². The van der Waals surface area contributed by atoms with Crippen LogP contribution in [0.5, 0.6) is 0 Å². The molecule has 1 heterocycles. The van der Waals surface area contributed by atoms with E-state index >= 15 is 0 Å². The van der Waals surface area contributed by atoms with Crippen LogP contribution in [0, 0.1) is 12.8 Å². The first-order valence-corrected chi connectivity index (χ1v) is 6.63. The van der Waals surface area contributed by atoms with Crippen molar-refractivity contribution in [2.75, 3.05) is 6.61 Å². The van der Waals surface area contributed by atoms with Gasteiger partial charge in [0.25, 0.3) is 0 Å². The van der Waals surface area contributed by atoms with Crippen LogP contribution in [0.4, 0.5) is 4.79 Å². The summed E-state index contributed by atoms with van der Waals surface area (Å²) in [4.78, 5) is 16.2. The van der Waals surface area contributed by atoms with Crippen LogP contribution in [-0.2, 0) is 6.54 Å². The van der Waals surface area contributed by atoms with Gasteiger partial charge in [-0.05, 0) is 44.7 Å². The van der Waals surface area contributed by atoms with E-state index in [2.05, 4.69) is 15.6 Å². The van der Waals surface area contributed by atoms with Crippen molar-refractivity contribution in [3.63, 3.8) is 0 Å². The molecule has 1 fully saturated rings. The molecule has 0 radical (unpaired) electrons. The second kappa shape index (κ2) is 5.57. The summed E-state index contributed by atoms with van der Waals surface area (Å²) in [6.45, 7) is 4.15. The SMILES string of the molecule is Cc1cccc(CNC(=O)NC(C)(CO)C2CC2)n1. The fraction of sp³-hybridized carbons (Fsp3) is 0.571. The van der Waals surface area contributed by atoms with Gasteiger partial charge < -0.3 is 15.7 Å². The third kappa shape index (κ3) is 3.67. The Morgan fingerprint density at radius 2 is 2.26 bits per heavy atom. The summed E-state index contributed by atoms with van der Waals surface area (Å²) < 4.78 is 0. The zero-order chi connectivity index (χ0) is 13.9. The van der Waals surface area contributed by atoms with Crippen molar-refractivity contribution >= 4 is 6.03 Å². The number of hydrogen-bond donors (Lipinski definition) is 3. The summed E-state index contributed by atoms with van der Waals surface area (Å²) >= 11 is 0. The van der Waals surface area contributed by atoms with E-state index in [1.165, 1.54) is 0 Å². The smallest absolute Gasteiger partial charge is 0.315 e. The van der Waals surface area contributed by atoms with Crippen LogP contribution in [0.2, 0.25) is 0 Å². The first-order chi connectivity index (χ1) is 9.03. The second-order valence-corrected chi connectivity index (χ2v) is 5.43. The molecule has 0 spiro atoms. The molecule has 0 aliphatic heterocycles. The lowest BCUT2D eigenvalue weighted by Gasteiger charge is -2.28. The number of aliphatic hydroxyl groups excluding tert-OH is 1. The quantitative estimate of drug-likeness (QED) is 0.750. The number of urea groups is 1. The lowest BCUT2D eigenvalue weighted by Crippen LogP contribution is -2.54. The van der Waals surface area contributed by atoms with Gasteiger partial charge in [-0.25, -0.2) is 4.79 Å². The van der Waals surface area contributed by atoms with Gasteiger partial charge in [-0.1, -0.05) is 6.07 Å². The van der Waals surface area contributed by atoms with E-state index in [1.807, 2.05) is 32.0 Å². The van der Waals surface area contributed by atoms with E-state index in [0.29, 0.717) is 12.5 Å². The Bertz CT molecular complexity index is 460. The fourth-order valence-corrected chi connectivity index (χ4v) is 2.16. The Kier molecular flexibility index (Phi) is 4.04. The van der Waals surface area contributed by atoms with E-state index in [9.17, 15) is 9.90 Å². The Labute approximate surface area is 113 Å². The number of pyridine rings is 1. The Balaban J connectivity index is 1.84. The maximum absolute atomic E-state index is 11.8. The van der Waals surface area contributed by atoms with Crippen molar-refractivity contribution < 1.29 is 9.90 Å². The lowest BCUT2D eigenvalue weighted by molar-refractivity contribution is 0.155. The number of amides is 2. The van der Waals surface area contributed by atoms with Crippen LogP contribution >= 0.6 is 0 Å². The van der Waals surface area contributed by atoms with Crippen molar-refractivity contribution in [1.29, 1.82) is 0 Å². The largest absolute Gasteiger partial charge is 0.394 e. The third-order valence-electron chi connectivity index (χ3n) is 3.58. The molecule has 1 atom stereocenters. The first-order valence-electron chi connectivity index (χ1n) is 6.63. The fourth-order valence-electron chi connectivity index (χ4n) is 2.16. The van der Waals surface area contributed by atoms with E-state index in [-0.39, 0.29) is 12.6 Å². The van der Waals surface area contributed by atoms with E-state index in [0.717, 1.165) is 24.2 Å². The summed E-state index contributed by atoms with van der Waals surface area (Å²) in [6, 6.07) is 5.45. The monoisotopic (exact) mass is 263 g/mol. The Hall–Kier alpha value is -1.62. The molecular formula is C14H21N3O2. The zero-order valence-electron chi connectivity index (χ0n) is 11.4. The molecule has 2 rings (SSSR count). The molecule has 3 N–H and O–H groups in total. The van der Waals surface area contributed by atoms with Gasteiger partial charge in [-0.15, -0.1) is 0 Å². The maximum atomic E-state index is 11.8. The molecule has 1 aliphatic rings. The highest BCUT2D eigenvalue weighted by Crippen LogP contribution is 2.39. The highest BCUT2D eigenvalue weighted by Gasteiger charge is 2.42. The summed E-state index contributed by atoms with van der Waals surface area (Å²) in [7, 11) is 0. The van der Waals surface area contributed by atoms with Crippen LogP contribution in [-0.4, -0.2) is 28.3 Å². The number of carbonyl (C=O) groups is 1. The van der Waals surface area contributed by atoms with Crippen molar-refractivity contribution in [2.45, 2.75) is 38.8 Å². The first kappa shape index (κ1) is 13.8. The van der Waals surface area contributed by atoms with Gasteiger partial charge in [0.15, 0.2) is 0 Å². The number of nitrogens with one attached hydrogen (secondary N) is 2. The minimum atomic E-state index is -0.510. The van der Waals surface area contributed by atoms with Crippen molar-refractivity contribution in [1.82, 2.24) is 15.6 Å². The Morgan fingerprint density at radius 3 is 2.84 bits per heavy atom. The van der Waals surface area contributed by atoms with Crippen LogP contribution in [0.25, 0.3) is 0 Å². The highest BCUT2D eigenvalue weighted by molar-refractivity contribution is 5.74. The van der Waals surface area contributed by atoms with Gasteiger partial charge in [0.05, 0.1) is 24.4 Å². The van der Waals surface area contributed by atoms with Crippen LogP contribution < -0.4 is 10.6 Å². The van der Waals surface area contributed by atoms with Gasteiger partial charge in [-0.2, -0.15) is 0 Å². The van der Waals surface area contributed by atoms with Crippen molar-refractivity contribution in [3.05, 3.63) is 29.6 Å². The molecule has 1 saturated carbocycles. The van der Waals surface area contributed by atoms with Gasteiger partial charge in [0.1, 0.15) is 0 Å². The topological polar surface area (TPSA) is 74.2 Å². The van der Waals surface area contributed by atoms with Crippen LogP contribution in [0.3, 0.4) is 0 Å². The number of hydrogen-bond acceptors (Lipinski definition) is 3. The van der Waals surface area contributed by atoms with Crippen LogP contribution in [0.1, 0.15) is 31.2 Å². The summed E-state index contributed by atoms with van der Waals surface area (Å²) in [6.07, 6.45) is 2.13. The summed E-state index contributed by atoms with van der Waals surface area (Å²) in [5, 5.41) is 15.0. The zero-order valence-corrected chi connectivity index (χ0v) is 11.4. The molecule has 19 heavy (non-hydrogen) atoms. The maximum Gasteiger partial charge on any atom is 0.315 e. The predicted octanol–water partition coefficient (Wildman–Crippen LogP) is 1.35. The predicted molar refractivity (Wildman–Crippen MR) is 72.6 cm³/mol. The highest BCUT2D eigenvalue weighted by atomic mass is 16.3. The molecule has 104 valence electrons. The summed E-state index contributed by atoms with van der Waals surface area (Å²) in [5.74, 6) is 0.389. The molecule has 1 aliphatic carbocycles. The van der Waals surface area contributed by atoms with E-state index in [1.54, 1.807) is 0 Å². The van der Waals surface area contributed by atoms with Gasteiger partial charge in [0, 0.05) is 5.69 Å². The molecule has 1 aromatic heterocycles. The molecule has 0 saturated heterocycles. The molecule has 0 aromatic carbocycles. The molecule has 1 aromatic rings. The molecular weight excluding hydrogens is 242 g/mol. The minimum absolute atomic E-state index is 0.0339. The number of carbonyl (C=O) groups excluding carboxylic acids is 1. The summed E-state index contributed by atoms with van der Waals surface area (Å²) in [5.41, 5.74) is 1.24. The number of nitrogens with zero attached hydrogens (tertiary/aromatic N) is 1. The minimum Gasteiger partial charge on any atom is -0.394 e. The molecule has 2 amide bonds. The molecule has 1 unspecified atom stereocenters. The second-order valence-electron chi connectivity index (χ2n) is 5.43. The molecule has 5 nitrogen and oxygen atoms in total. The number of aryl methyl sites for hydroxylation is 1. The third-order valence-corrected chi connectivity index (χ3v) is 3.58. The lowest BCUT2D eigenvalue weighted by atomic mass is 9.97. The van der Waals surface area contributed by atoms with Crippen molar-refractivity contribution in [3.8, 4) is 0 Å². The van der Waals surface area contributed by atoms with E-state index in [4.69, 9.17) is 0 Å². The van der Waals surface area contributed by atoms with Gasteiger partial charge >= 0.3 is 6.03 Å². The molecule has 5 heteroatoms.